The van der Waals surface area contributed by atoms with Crippen molar-refractivity contribution in [3.05, 3.63) is 24.3 Å². The Labute approximate surface area is 132 Å². The molecule has 0 fully saturated rings. The first kappa shape index (κ1) is 16.5. The lowest BCUT2D eigenvalue weighted by atomic mass is 10.2. The Balaban J connectivity index is 1.78. The van der Waals surface area contributed by atoms with Crippen molar-refractivity contribution < 1.29 is 23.9 Å². The van der Waals surface area contributed by atoms with E-state index in [0.29, 0.717) is 18.0 Å². The van der Waals surface area contributed by atoms with Crippen molar-refractivity contribution in [2.24, 2.45) is 5.10 Å². The fraction of sp³-hybridized carbons (Fsp3) is 0.333. The van der Waals surface area contributed by atoms with E-state index in [1.54, 1.807) is 24.3 Å². The second kappa shape index (κ2) is 7.92. The lowest BCUT2D eigenvalue weighted by Crippen LogP contribution is -2.32. The number of hydrazone groups is 1. The van der Waals surface area contributed by atoms with Gasteiger partial charge < -0.3 is 14.8 Å². The topological polar surface area (TPSA) is 106 Å². The molecule has 23 heavy (non-hydrogen) atoms. The van der Waals surface area contributed by atoms with Crippen molar-refractivity contribution in [2.75, 3.05) is 18.5 Å². The number of amides is 2. The molecule has 2 N–H and O–H groups in total. The maximum Gasteiger partial charge on any atom is 0.355 e. The average Bonchev–Trinajstić information content (AvgIpc) is 2.55. The fourth-order valence-electron chi connectivity index (χ4n) is 1.83. The first-order valence-corrected chi connectivity index (χ1v) is 7.13. The van der Waals surface area contributed by atoms with Crippen molar-refractivity contribution in [1.82, 2.24) is 5.43 Å². The Morgan fingerprint density at radius 1 is 1.26 bits per heavy atom. The summed E-state index contributed by atoms with van der Waals surface area (Å²) in [5.74, 6) is -0.737. The minimum atomic E-state index is -0.716. The van der Waals surface area contributed by atoms with E-state index in [9.17, 15) is 14.4 Å². The van der Waals surface area contributed by atoms with Crippen LogP contribution in [0.3, 0.4) is 0 Å². The highest BCUT2D eigenvalue weighted by atomic mass is 16.5. The van der Waals surface area contributed by atoms with Gasteiger partial charge in [-0.05, 0) is 31.2 Å². The summed E-state index contributed by atoms with van der Waals surface area (Å²) in [6, 6.07) is 6.83. The van der Waals surface area contributed by atoms with Crippen LogP contribution < -0.4 is 15.5 Å². The SMILES string of the molecule is CCOc1ccc(NC(=O)COC(=O)C2=NNC(=O)CC2)cc1. The van der Waals surface area contributed by atoms with Gasteiger partial charge in [0.2, 0.25) is 5.91 Å². The molecule has 0 bridgehead atoms. The molecule has 8 heteroatoms. The van der Waals surface area contributed by atoms with Gasteiger partial charge in [-0.15, -0.1) is 0 Å². The smallest absolute Gasteiger partial charge is 0.355 e. The standard InChI is InChI=1S/C15H17N3O5/c1-2-22-11-5-3-10(4-6-11)16-14(20)9-23-15(21)12-7-8-13(19)18-17-12/h3-6H,2,7-9H2,1H3,(H,16,20)(H,18,19). The van der Waals surface area contributed by atoms with Gasteiger partial charge in [-0.3, -0.25) is 9.59 Å². The largest absolute Gasteiger partial charge is 0.494 e. The van der Waals surface area contributed by atoms with Crippen molar-refractivity contribution in [3.8, 4) is 5.75 Å². The summed E-state index contributed by atoms with van der Waals surface area (Å²) in [6.07, 6.45) is 0.373. The second-order valence-electron chi connectivity index (χ2n) is 4.68. The van der Waals surface area contributed by atoms with E-state index in [1.165, 1.54) is 0 Å². The van der Waals surface area contributed by atoms with E-state index in [4.69, 9.17) is 9.47 Å². The predicted molar refractivity (Wildman–Crippen MR) is 82.0 cm³/mol. The van der Waals surface area contributed by atoms with Gasteiger partial charge in [0.05, 0.1) is 6.61 Å². The summed E-state index contributed by atoms with van der Waals surface area (Å²) >= 11 is 0. The molecular weight excluding hydrogens is 302 g/mol. The molecule has 1 aliphatic rings. The van der Waals surface area contributed by atoms with Gasteiger partial charge in [0, 0.05) is 18.5 Å². The van der Waals surface area contributed by atoms with E-state index in [0.717, 1.165) is 0 Å². The number of carbonyl (C=O) groups is 3. The molecule has 122 valence electrons. The lowest BCUT2D eigenvalue weighted by Gasteiger charge is -2.11. The summed E-state index contributed by atoms with van der Waals surface area (Å²) < 4.78 is 10.1. The summed E-state index contributed by atoms with van der Waals surface area (Å²) in [4.78, 5) is 34.3. The minimum absolute atomic E-state index is 0.0958. The number of hydrogen-bond donors (Lipinski definition) is 2. The highest BCUT2D eigenvalue weighted by molar-refractivity contribution is 6.37. The van der Waals surface area contributed by atoms with E-state index in [-0.39, 0.29) is 24.5 Å². The zero-order valence-electron chi connectivity index (χ0n) is 12.6. The van der Waals surface area contributed by atoms with Gasteiger partial charge in [0.25, 0.3) is 5.91 Å². The van der Waals surface area contributed by atoms with Crippen LogP contribution in [-0.4, -0.2) is 36.7 Å². The maximum absolute atomic E-state index is 11.7. The number of nitrogens with zero attached hydrogens (tertiary/aromatic N) is 1. The number of hydrogen-bond acceptors (Lipinski definition) is 6. The van der Waals surface area contributed by atoms with Gasteiger partial charge in [0.1, 0.15) is 11.5 Å². The summed E-state index contributed by atoms with van der Waals surface area (Å²) in [5, 5.41) is 6.19. The van der Waals surface area contributed by atoms with Crippen LogP contribution in [0.15, 0.2) is 29.4 Å². The highest BCUT2D eigenvalue weighted by Gasteiger charge is 2.20. The van der Waals surface area contributed by atoms with E-state index in [2.05, 4.69) is 15.8 Å². The zero-order valence-corrected chi connectivity index (χ0v) is 12.6. The molecule has 0 unspecified atom stereocenters. The monoisotopic (exact) mass is 319 g/mol. The second-order valence-corrected chi connectivity index (χ2v) is 4.68. The molecule has 1 heterocycles. The molecule has 0 saturated carbocycles. The molecule has 1 aliphatic heterocycles. The fourth-order valence-corrected chi connectivity index (χ4v) is 1.83. The Kier molecular flexibility index (Phi) is 5.67. The molecule has 2 amide bonds. The van der Waals surface area contributed by atoms with Crippen molar-refractivity contribution in [1.29, 1.82) is 0 Å². The highest BCUT2D eigenvalue weighted by Crippen LogP contribution is 2.15. The third-order valence-corrected chi connectivity index (χ3v) is 2.92. The van der Waals surface area contributed by atoms with Gasteiger partial charge >= 0.3 is 5.97 Å². The summed E-state index contributed by atoms with van der Waals surface area (Å²) in [6.45, 7) is 2.01. The first-order chi connectivity index (χ1) is 11.1. The van der Waals surface area contributed by atoms with Crippen molar-refractivity contribution >= 4 is 29.2 Å². The van der Waals surface area contributed by atoms with Crippen molar-refractivity contribution in [2.45, 2.75) is 19.8 Å². The number of benzene rings is 1. The van der Waals surface area contributed by atoms with Crippen LogP contribution in [0.25, 0.3) is 0 Å². The normalized spacial score (nSPS) is 13.6. The molecule has 0 spiro atoms. The number of esters is 1. The van der Waals surface area contributed by atoms with E-state index in [1.807, 2.05) is 6.92 Å². The van der Waals surface area contributed by atoms with Gasteiger partial charge in [-0.25, -0.2) is 10.2 Å². The third-order valence-electron chi connectivity index (χ3n) is 2.92. The predicted octanol–water partition coefficient (Wildman–Crippen LogP) is 0.833. The van der Waals surface area contributed by atoms with Crippen LogP contribution in [0.4, 0.5) is 5.69 Å². The molecule has 1 aromatic carbocycles. The number of rotatable bonds is 6. The molecule has 0 aromatic heterocycles. The Bertz CT molecular complexity index is 625. The lowest BCUT2D eigenvalue weighted by molar-refractivity contribution is -0.140. The number of anilines is 1. The Hall–Kier alpha value is -2.90. The van der Waals surface area contributed by atoms with Crippen LogP contribution in [0.1, 0.15) is 19.8 Å². The molecular formula is C15H17N3O5. The van der Waals surface area contributed by atoms with Crippen LogP contribution in [-0.2, 0) is 19.1 Å². The number of nitrogens with one attached hydrogen (secondary N) is 2. The van der Waals surface area contributed by atoms with Gasteiger partial charge in [-0.1, -0.05) is 0 Å². The van der Waals surface area contributed by atoms with E-state index >= 15 is 0 Å². The molecule has 0 aliphatic carbocycles. The van der Waals surface area contributed by atoms with Gasteiger partial charge in [-0.2, -0.15) is 5.10 Å². The Morgan fingerprint density at radius 3 is 2.61 bits per heavy atom. The third kappa shape index (κ3) is 5.10. The minimum Gasteiger partial charge on any atom is -0.494 e. The first-order valence-electron chi connectivity index (χ1n) is 7.13. The summed E-state index contributed by atoms with van der Waals surface area (Å²) in [5.41, 5.74) is 2.85. The molecule has 0 atom stereocenters. The van der Waals surface area contributed by atoms with Crippen LogP contribution in [0.2, 0.25) is 0 Å². The number of carbonyl (C=O) groups excluding carboxylic acids is 3. The average molecular weight is 319 g/mol. The Morgan fingerprint density at radius 2 is 2.00 bits per heavy atom. The van der Waals surface area contributed by atoms with Crippen LogP contribution >= 0.6 is 0 Å². The molecule has 2 rings (SSSR count). The number of ether oxygens (including phenoxy) is 2. The molecule has 0 radical (unpaired) electrons. The van der Waals surface area contributed by atoms with Crippen LogP contribution in [0.5, 0.6) is 5.75 Å². The van der Waals surface area contributed by atoms with Gasteiger partial charge in [0.15, 0.2) is 6.61 Å². The van der Waals surface area contributed by atoms with Crippen LogP contribution in [0, 0.1) is 0 Å². The van der Waals surface area contributed by atoms with Crippen molar-refractivity contribution in [3.63, 3.8) is 0 Å². The molecule has 8 nitrogen and oxygen atoms in total. The molecule has 1 aromatic rings. The quantitative estimate of drug-likeness (QED) is 0.756. The zero-order chi connectivity index (χ0) is 16.7. The van der Waals surface area contributed by atoms with E-state index < -0.39 is 18.5 Å². The molecule has 0 saturated heterocycles. The summed E-state index contributed by atoms with van der Waals surface area (Å²) in [7, 11) is 0. The maximum atomic E-state index is 11.7.